The molecule has 5 nitrogen and oxygen atoms in total. The molecular formula is C11H17ClN4O. The molecule has 1 saturated heterocycles. The first-order valence-electron chi connectivity index (χ1n) is 5.88. The van der Waals surface area contributed by atoms with E-state index in [1.807, 2.05) is 0 Å². The molecule has 17 heavy (non-hydrogen) atoms. The molecule has 1 aromatic heterocycles. The molecule has 2 heterocycles. The second kappa shape index (κ2) is 5.60. The highest BCUT2D eigenvalue weighted by atomic mass is 35.5. The molecule has 0 radical (unpaired) electrons. The Hall–Kier alpha value is -0.940. The molecule has 0 amide bonds. The molecule has 1 fully saturated rings. The molecule has 94 valence electrons. The Balaban J connectivity index is 2.18. The molecule has 0 saturated carbocycles. The maximum absolute atomic E-state index is 5.93. The lowest BCUT2D eigenvalue weighted by Gasteiger charge is -2.26. The van der Waals surface area contributed by atoms with Crippen LogP contribution in [0, 0.1) is 5.92 Å². The van der Waals surface area contributed by atoms with Gasteiger partial charge in [-0.1, -0.05) is 13.8 Å². The van der Waals surface area contributed by atoms with Crippen molar-refractivity contribution < 1.29 is 4.74 Å². The lowest BCUT2D eigenvalue weighted by atomic mass is 10.1. The second-order valence-electron chi connectivity index (χ2n) is 4.52. The van der Waals surface area contributed by atoms with Crippen LogP contribution >= 0.6 is 11.6 Å². The maximum Gasteiger partial charge on any atom is 0.230 e. The van der Waals surface area contributed by atoms with Crippen LogP contribution < -0.4 is 4.90 Å². The minimum Gasteiger partial charge on any atom is -0.378 e. The van der Waals surface area contributed by atoms with Gasteiger partial charge in [0.15, 0.2) is 0 Å². The summed E-state index contributed by atoms with van der Waals surface area (Å²) in [5.74, 6) is 1.94. The van der Waals surface area contributed by atoms with E-state index in [2.05, 4.69) is 33.7 Å². The minimum atomic E-state index is 0.275. The summed E-state index contributed by atoms with van der Waals surface area (Å²) in [5, 5.41) is 0.275. The number of morpholine rings is 1. The predicted octanol–water partition coefficient (Wildman–Crippen LogP) is 1.56. The van der Waals surface area contributed by atoms with Gasteiger partial charge in [-0.15, -0.1) is 0 Å². The van der Waals surface area contributed by atoms with Crippen LogP contribution in [-0.4, -0.2) is 41.3 Å². The summed E-state index contributed by atoms with van der Waals surface area (Å²) in [6, 6.07) is 0. The number of halogens is 1. The van der Waals surface area contributed by atoms with Crippen molar-refractivity contribution in [1.82, 2.24) is 15.0 Å². The summed E-state index contributed by atoms with van der Waals surface area (Å²) in [4.78, 5) is 14.9. The monoisotopic (exact) mass is 256 g/mol. The molecule has 0 spiro atoms. The first-order valence-corrected chi connectivity index (χ1v) is 6.26. The highest BCUT2D eigenvalue weighted by molar-refractivity contribution is 6.28. The SMILES string of the molecule is CC(C)Cc1nc(Cl)nc(N2CCOCC2)n1. The number of ether oxygens (including phenoxy) is 1. The van der Waals surface area contributed by atoms with E-state index < -0.39 is 0 Å². The lowest BCUT2D eigenvalue weighted by Crippen LogP contribution is -2.37. The van der Waals surface area contributed by atoms with Crippen LogP contribution in [0.25, 0.3) is 0 Å². The van der Waals surface area contributed by atoms with Gasteiger partial charge in [0.05, 0.1) is 13.2 Å². The van der Waals surface area contributed by atoms with Gasteiger partial charge in [0.25, 0.3) is 0 Å². The topological polar surface area (TPSA) is 51.1 Å². The predicted molar refractivity (Wildman–Crippen MR) is 66.4 cm³/mol. The standard InChI is InChI=1S/C11H17ClN4O/c1-8(2)7-9-13-10(12)15-11(14-9)16-3-5-17-6-4-16/h8H,3-7H2,1-2H3. The summed E-state index contributed by atoms with van der Waals surface area (Å²) < 4.78 is 5.30. The van der Waals surface area contributed by atoms with E-state index in [4.69, 9.17) is 16.3 Å². The third kappa shape index (κ3) is 3.51. The number of hydrogen-bond donors (Lipinski definition) is 0. The third-order valence-corrected chi connectivity index (χ3v) is 2.70. The first-order chi connectivity index (χ1) is 8.15. The summed E-state index contributed by atoms with van der Waals surface area (Å²) in [7, 11) is 0. The van der Waals surface area contributed by atoms with E-state index in [0.717, 1.165) is 25.3 Å². The van der Waals surface area contributed by atoms with E-state index in [9.17, 15) is 0 Å². The van der Waals surface area contributed by atoms with Gasteiger partial charge in [0.1, 0.15) is 5.82 Å². The minimum absolute atomic E-state index is 0.275. The normalized spacial score (nSPS) is 16.6. The van der Waals surface area contributed by atoms with Crippen LogP contribution in [-0.2, 0) is 11.2 Å². The van der Waals surface area contributed by atoms with Crippen LogP contribution in [0.5, 0.6) is 0 Å². The average Bonchev–Trinajstić information content (AvgIpc) is 2.28. The number of aromatic nitrogens is 3. The molecule has 0 aromatic carbocycles. The molecule has 0 aliphatic carbocycles. The van der Waals surface area contributed by atoms with Crippen molar-refractivity contribution in [2.24, 2.45) is 5.92 Å². The van der Waals surface area contributed by atoms with E-state index in [1.54, 1.807) is 0 Å². The molecule has 0 atom stereocenters. The summed E-state index contributed by atoms with van der Waals surface area (Å²) in [5.41, 5.74) is 0. The molecule has 0 unspecified atom stereocenters. The van der Waals surface area contributed by atoms with Gasteiger partial charge in [0, 0.05) is 19.5 Å². The molecule has 1 aliphatic rings. The summed E-state index contributed by atoms with van der Waals surface area (Å²) in [6.45, 7) is 7.30. The smallest absolute Gasteiger partial charge is 0.230 e. The largest absolute Gasteiger partial charge is 0.378 e. The van der Waals surface area contributed by atoms with Gasteiger partial charge < -0.3 is 9.64 Å². The van der Waals surface area contributed by atoms with Crippen molar-refractivity contribution in [3.8, 4) is 0 Å². The van der Waals surface area contributed by atoms with Gasteiger partial charge >= 0.3 is 0 Å². The molecular weight excluding hydrogens is 240 g/mol. The second-order valence-corrected chi connectivity index (χ2v) is 4.86. The summed E-state index contributed by atoms with van der Waals surface area (Å²) in [6.07, 6.45) is 0.819. The number of rotatable bonds is 3. The fourth-order valence-electron chi connectivity index (χ4n) is 1.74. The van der Waals surface area contributed by atoms with E-state index >= 15 is 0 Å². The quantitative estimate of drug-likeness (QED) is 0.822. The van der Waals surface area contributed by atoms with Gasteiger partial charge in [-0.3, -0.25) is 0 Å². The van der Waals surface area contributed by atoms with Crippen LogP contribution in [0.1, 0.15) is 19.7 Å². The number of hydrogen-bond acceptors (Lipinski definition) is 5. The third-order valence-electron chi connectivity index (χ3n) is 2.53. The van der Waals surface area contributed by atoms with Crippen LogP contribution in [0.2, 0.25) is 5.28 Å². The highest BCUT2D eigenvalue weighted by Crippen LogP contribution is 2.14. The molecule has 1 aromatic rings. The van der Waals surface area contributed by atoms with Crippen LogP contribution in [0.3, 0.4) is 0 Å². The van der Waals surface area contributed by atoms with Crippen molar-refractivity contribution in [3.05, 3.63) is 11.1 Å². The summed E-state index contributed by atoms with van der Waals surface area (Å²) >= 11 is 5.93. The van der Waals surface area contributed by atoms with E-state index in [-0.39, 0.29) is 5.28 Å². The maximum atomic E-state index is 5.93. The lowest BCUT2D eigenvalue weighted by molar-refractivity contribution is 0.122. The van der Waals surface area contributed by atoms with Gasteiger partial charge in [-0.2, -0.15) is 9.97 Å². The van der Waals surface area contributed by atoms with Crippen molar-refractivity contribution in [3.63, 3.8) is 0 Å². The molecule has 0 bridgehead atoms. The Kier molecular flexibility index (Phi) is 4.12. The highest BCUT2D eigenvalue weighted by Gasteiger charge is 2.16. The molecule has 0 N–H and O–H groups in total. The zero-order valence-corrected chi connectivity index (χ0v) is 10.9. The molecule has 1 aliphatic heterocycles. The molecule has 2 rings (SSSR count). The first kappa shape index (κ1) is 12.5. The number of nitrogens with zero attached hydrogens (tertiary/aromatic N) is 4. The van der Waals surface area contributed by atoms with Crippen LogP contribution in [0.4, 0.5) is 5.95 Å². The zero-order valence-electron chi connectivity index (χ0n) is 10.2. The Morgan fingerprint density at radius 1 is 1.24 bits per heavy atom. The van der Waals surface area contributed by atoms with Crippen molar-refractivity contribution in [1.29, 1.82) is 0 Å². The zero-order chi connectivity index (χ0) is 12.3. The molecule has 6 heteroatoms. The average molecular weight is 257 g/mol. The fourth-order valence-corrected chi connectivity index (χ4v) is 1.91. The van der Waals surface area contributed by atoms with Crippen molar-refractivity contribution in [2.75, 3.05) is 31.2 Å². The van der Waals surface area contributed by atoms with Gasteiger partial charge in [0.2, 0.25) is 11.2 Å². The van der Waals surface area contributed by atoms with Gasteiger partial charge in [-0.05, 0) is 17.5 Å². The Labute approximate surface area is 106 Å². The number of anilines is 1. The Morgan fingerprint density at radius 3 is 2.59 bits per heavy atom. The van der Waals surface area contributed by atoms with Gasteiger partial charge in [-0.25, -0.2) is 4.98 Å². The Bertz CT molecular complexity index is 380. The van der Waals surface area contributed by atoms with E-state index in [0.29, 0.717) is 25.1 Å². The fraction of sp³-hybridized carbons (Fsp3) is 0.727. The van der Waals surface area contributed by atoms with Crippen molar-refractivity contribution >= 4 is 17.5 Å². The van der Waals surface area contributed by atoms with E-state index in [1.165, 1.54) is 0 Å². The van der Waals surface area contributed by atoms with Crippen LogP contribution in [0.15, 0.2) is 0 Å². The van der Waals surface area contributed by atoms with Crippen molar-refractivity contribution in [2.45, 2.75) is 20.3 Å². The Morgan fingerprint density at radius 2 is 1.94 bits per heavy atom.